The lowest BCUT2D eigenvalue weighted by Gasteiger charge is -2.12. The number of ether oxygens (including phenoxy) is 2. The lowest BCUT2D eigenvalue weighted by atomic mass is 10.2. The number of rotatable bonds is 9. The zero-order valence-electron chi connectivity index (χ0n) is 14.9. The molecule has 0 fully saturated rings. The van der Waals surface area contributed by atoms with Gasteiger partial charge in [0.05, 0.1) is 19.4 Å². The Morgan fingerprint density at radius 1 is 1.24 bits per heavy atom. The molecule has 0 saturated carbocycles. The van der Waals surface area contributed by atoms with E-state index in [1.807, 2.05) is 37.3 Å². The standard InChI is InChI=1S/C19H24N2O3S/c1-4-6-11-24-15-9-7-14(12-16(15)23-5-2)8-10-18-21-13-17(25-18)19(22)20-3/h7-10,12-13H,4-6,11H2,1-3H3,(H,20,22)/b10-8+. The summed E-state index contributed by atoms with van der Waals surface area (Å²) in [7, 11) is 1.61. The normalized spacial score (nSPS) is 10.8. The molecule has 0 aliphatic heterocycles. The lowest BCUT2D eigenvalue weighted by molar-refractivity contribution is 0.0967. The summed E-state index contributed by atoms with van der Waals surface area (Å²) < 4.78 is 11.5. The van der Waals surface area contributed by atoms with E-state index < -0.39 is 0 Å². The summed E-state index contributed by atoms with van der Waals surface area (Å²) in [6.07, 6.45) is 7.53. The Balaban J connectivity index is 2.11. The van der Waals surface area contributed by atoms with Crippen LogP contribution >= 0.6 is 11.3 Å². The maximum absolute atomic E-state index is 11.6. The fourth-order valence-electron chi connectivity index (χ4n) is 2.10. The molecule has 25 heavy (non-hydrogen) atoms. The molecule has 6 heteroatoms. The Hall–Kier alpha value is -2.34. The van der Waals surface area contributed by atoms with E-state index in [9.17, 15) is 4.79 Å². The highest BCUT2D eigenvalue weighted by Crippen LogP contribution is 2.29. The van der Waals surface area contributed by atoms with Crippen molar-refractivity contribution in [1.29, 1.82) is 0 Å². The fourth-order valence-corrected chi connectivity index (χ4v) is 2.87. The number of amides is 1. The van der Waals surface area contributed by atoms with Crippen molar-refractivity contribution in [2.75, 3.05) is 20.3 Å². The Morgan fingerprint density at radius 3 is 2.80 bits per heavy atom. The summed E-state index contributed by atoms with van der Waals surface area (Å²) in [6.45, 7) is 5.36. The van der Waals surface area contributed by atoms with Crippen molar-refractivity contribution in [2.24, 2.45) is 0 Å². The summed E-state index contributed by atoms with van der Waals surface area (Å²) >= 11 is 1.35. The van der Waals surface area contributed by atoms with E-state index in [1.54, 1.807) is 13.2 Å². The second-order valence-electron chi connectivity index (χ2n) is 5.32. The number of nitrogens with zero attached hydrogens (tertiary/aromatic N) is 1. The van der Waals surface area contributed by atoms with Crippen molar-refractivity contribution < 1.29 is 14.3 Å². The van der Waals surface area contributed by atoms with Gasteiger partial charge in [-0.1, -0.05) is 25.5 Å². The van der Waals surface area contributed by atoms with Gasteiger partial charge < -0.3 is 14.8 Å². The van der Waals surface area contributed by atoms with Crippen LogP contribution in [0, 0.1) is 0 Å². The van der Waals surface area contributed by atoms with Crippen LogP contribution in [0.2, 0.25) is 0 Å². The van der Waals surface area contributed by atoms with E-state index in [-0.39, 0.29) is 5.91 Å². The van der Waals surface area contributed by atoms with E-state index in [2.05, 4.69) is 17.2 Å². The average molecular weight is 360 g/mol. The highest BCUT2D eigenvalue weighted by Gasteiger charge is 2.08. The largest absolute Gasteiger partial charge is 0.490 e. The van der Waals surface area contributed by atoms with Crippen LogP contribution in [0.5, 0.6) is 11.5 Å². The predicted octanol–water partition coefficient (Wildman–Crippen LogP) is 4.25. The molecule has 1 aromatic heterocycles. The van der Waals surface area contributed by atoms with Crippen LogP contribution in [0.1, 0.15) is 46.9 Å². The SMILES string of the molecule is CCCCOc1ccc(/C=C/c2ncc(C(=O)NC)s2)cc1OCC. The van der Waals surface area contributed by atoms with Crippen LogP contribution < -0.4 is 14.8 Å². The first kappa shape index (κ1) is 19.0. The monoisotopic (exact) mass is 360 g/mol. The van der Waals surface area contributed by atoms with Crippen LogP contribution in [-0.2, 0) is 0 Å². The van der Waals surface area contributed by atoms with Crippen LogP contribution in [0.25, 0.3) is 12.2 Å². The van der Waals surface area contributed by atoms with E-state index in [4.69, 9.17) is 9.47 Å². The maximum atomic E-state index is 11.6. The second-order valence-corrected chi connectivity index (χ2v) is 6.38. The summed E-state index contributed by atoms with van der Waals surface area (Å²) in [4.78, 5) is 16.4. The third kappa shape index (κ3) is 5.60. The molecule has 1 N–H and O–H groups in total. The third-order valence-electron chi connectivity index (χ3n) is 3.42. The van der Waals surface area contributed by atoms with Gasteiger partial charge in [-0.05, 0) is 37.1 Å². The van der Waals surface area contributed by atoms with Gasteiger partial charge in [0.15, 0.2) is 11.5 Å². The predicted molar refractivity (Wildman–Crippen MR) is 102 cm³/mol. The molecular formula is C19H24N2O3S. The first-order valence-corrected chi connectivity index (χ1v) is 9.25. The van der Waals surface area contributed by atoms with Crippen LogP contribution in [-0.4, -0.2) is 31.2 Å². The summed E-state index contributed by atoms with van der Waals surface area (Å²) in [5.74, 6) is 1.39. The van der Waals surface area contributed by atoms with Gasteiger partial charge in [0, 0.05) is 7.05 Å². The van der Waals surface area contributed by atoms with E-state index in [0.717, 1.165) is 34.9 Å². The number of hydrogen-bond donors (Lipinski definition) is 1. The average Bonchev–Trinajstić information content (AvgIpc) is 3.10. The highest BCUT2D eigenvalue weighted by molar-refractivity contribution is 7.14. The molecule has 0 radical (unpaired) electrons. The Bertz CT molecular complexity index is 725. The minimum absolute atomic E-state index is 0.121. The molecule has 0 spiro atoms. The molecule has 0 aliphatic carbocycles. The molecule has 0 saturated heterocycles. The topological polar surface area (TPSA) is 60.5 Å². The molecule has 0 bridgehead atoms. The molecule has 2 rings (SSSR count). The molecule has 0 aliphatic rings. The zero-order chi connectivity index (χ0) is 18.1. The van der Waals surface area contributed by atoms with Crippen LogP contribution in [0.15, 0.2) is 24.4 Å². The molecule has 5 nitrogen and oxygen atoms in total. The van der Waals surface area contributed by atoms with E-state index in [0.29, 0.717) is 18.1 Å². The third-order valence-corrected chi connectivity index (χ3v) is 4.38. The number of thiazole rings is 1. The Kier molecular flexibility index (Phi) is 7.47. The van der Waals surface area contributed by atoms with Crippen molar-refractivity contribution >= 4 is 29.4 Å². The molecule has 1 heterocycles. The van der Waals surface area contributed by atoms with E-state index >= 15 is 0 Å². The first-order chi connectivity index (χ1) is 12.2. The van der Waals surface area contributed by atoms with Crippen molar-refractivity contribution in [3.05, 3.63) is 39.8 Å². The highest BCUT2D eigenvalue weighted by atomic mass is 32.1. The van der Waals surface area contributed by atoms with Gasteiger partial charge in [-0.3, -0.25) is 4.79 Å². The van der Waals surface area contributed by atoms with Gasteiger partial charge in [0.25, 0.3) is 5.91 Å². The van der Waals surface area contributed by atoms with Gasteiger partial charge in [-0.15, -0.1) is 11.3 Å². The van der Waals surface area contributed by atoms with E-state index in [1.165, 1.54) is 11.3 Å². The maximum Gasteiger partial charge on any atom is 0.262 e. The quantitative estimate of drug-likeness (QED) is 0.679. The molecule has 0 unspecified atom stereocenters. The van der Waals surface area contributed by atoms with Gasteiger partial charge >= 0.3 is 0 Å². The Morgan fingerprint density at radius 2 is 2.08 bits per heavy atom. The van der Waals surface area contributed by atoms with Crippen molar-refractivity contribution in [3.63, 3.8) is 0 Å². The molecular weight excluding hydrogens is 336 g/mol. The zero-order valence-corrected chi connectivity index (χ0v) is 15.7. The number of nitrogens with one attached hydrogen (secondary N) is 1. The minimum Gasteiger partial charge on any atom is -0.490 e. The minimum atomic E-state index is -0.121. The smallest absolute Gasteiger partial charge is 0.262 e. The number of carbonyl (C=O) groups is 1. The van der Waals surface area contributed by atoms with Gasteiger partial charge in [0.1, 0.15) is 9.88 Å². The second kappa shape index (κ2) is 9.84. The Labute approximate surface area is 152 Å². The summed E-state index contributed by atoms with van der Waals surface area (Å²) in [5, 5.41) is 3.37. The number of unbranched alkanes of at least 4 members (excludes halogenated alkanes) is 1. The van der Waals surface area contributed by atoms with Crippen molar-refractivity contribution in [3.8, 4) is 11.5 Å². The van der Waals surface area contributed by atoms with Crippen LogP contribution in [0.4, 0.5) is 0 Å². The molecule has 1 amide bonds. The molecule has 2 aromatic rings. The summed E-state index contributed by atoms with van der Waals surface area (Å²) in [5.41, 5.74) is 0.989. The fraction of sp³-hybridized carbons (Fsp3) is 0.368. The van der Waals surface area contributed by atoms with Gasteiger partial charge in [-0.25, -0.2) is 4.98 Å². The first-order valence-electron chi connectivity index (χ1n) is 8.43. The van der Waals surface area contributed by atoms with Crippen LogP contribution in [0.3, 0.4) is 0 Å². The lowest BCUT2D eigenvalue weighted by Crippen LogP contribution is -2.16. The summed E-state index contributed by atoms with van der Waals surface area (Å²) in [6, 6.07) is 5.86. The number of aromatic nitrogens is 1. The van der Waals surface area contributed by atoms with Crippen molar-refractivity contribution in [2.45, 2.75) is 26.7 Å². The number of carbonyl (C=O) groups excluding carboxylic acids is 1. The molecule has 1 aromatic carbocycles. The van der Waals surface area contributed by atoms with Gasteiger partial charge in [-0.2, -0.15) is 0 Å². The number of hydrogen-bond acceptors (Lipinski definition) is 5. The number of benzene rings is 1. The molecule has 134 valence electrons. The van der Waals surface area contributed by atoms with Crippen molar-refractivity contribution in [1.82, 2.24) is 10.3 Å². The molecule has 0 atom stereocenters. The van der Waals surface area contributed by atoms with Gasteiger partial charge in [0.2, 0.25) is 0 Å².